The van der Waals surface area contributed by atoms with Gasteiger partial charge in [0, 0.05) is 35.8 Å². The van der Waals surface area contributed by atoms with Crippen LogP contribution >= 0.6 is 0 Å². The second kappa shape index (κ2) is 7.25. The fourth-order valence-corrected chi connectivity index (χ4v) is 6.37. The lowest BCUT2D eigenvalue weighted by Crippen LogP contribution is -2.60. The van der Waals surface area contributed by atoms with Gasteiger partial charge in [0.25, 0.3) is 0 Å². The Hall–Kier alpha value is -1.75. The van der Waals surface area contributed by atoms with Crippen LogP contribution in [0.15, 0.2) is 24.3 Å². The van der Waals surface area contributed by atoms with Gasteiger partial charge in [-0.3, -0.25) is 0 Å². The zero-order valence-corrected chi connectivity index (χ0v) is 17.0. The number of piperidine rings is 3. The molecule has 0 saturated carbocycles. The fourth-order valence-electron chi connectivity index (χ4n) is 6.37. The van der Waals surface area contributed by atoms with Crippen molar-refractivity contribution in [2.45, 2.75) is 75.4 Å². The maximum Gasteiger partial charge on any atom is 0.410 e. The Kier molecular flexibility index (Phi) is 4.74. The summed E-state index contributed by atoms with van der Waals surface area (Å²) in [5, 5.41) is 3.64. The topological polar surface area (TPSA) is 44.8 Å². The second-order valence-corrected chi connectivity index (χ2v) is 9.19. The molecule has 5 nitrogen and oxygen atoms in total. The number of hydrogen-bond donors (Lipinski definition) is 1. The van der Waals surface area contributed by atoms with Gasteiger partial charge in [-0.05, 0) is 76.6 Å². The van der Waals surface area contributed by atoms with E-state index in [2.05, 4.69) is 39.4 Å². The van der Waals surface area contributed by atoms with Gasteiger partial charge in [0.15, 0.2) is 0 Å². The number of nitrogens with one attached hydrogen (secondary N) is 1. The Morgan fingerprint density at radius 1 is 1.14 bits per heavy atom. The van der Waals surface area contributed by atoms with Crippen molar-refractivity contribution in [3.05, 3.63) is 29.8 Å². The highest BCUT2D eigenvalue weighted by molar-refractivity contribution is 5.69. The number of rotatable bonds is 2. The van der Waals surface area contributed by atoms with E-state index in [4.69, 9.17) is 4.74 Å². The van der Waals surface area contributed by atoms with E-state index in [1.807, 2.05) is 6.92 Å². The van der Waals surface area contributed by atoms with Gasteiger partial charge >= 0.3 is 6.09 Å². The Labute approximate surface area is 168 Å². The van der Waals surface area contributed by atoms with Crippen molar-refractivity contribution >= 4 is 11.8 Å². The molecule has 5 heteroatoms. The third-order valence-corrected chi connectivity index (χ3v) is 7.82. The SMILES string of the molecule is CCOC(=O)N1C2CCCC1CC(N1CCC3(CC1)CNc1ccccc13)C2. The molecule has 4 aliphatic heterocycles. The van der Waals surface area contributed by atoms with Crippen LogP contribution < -0.4 is 5.32 Å². The van der Waals surface area contributed by atoms with E-state index in [0.29, 0.717) is 30.1 Å². The lowest BCUT2D eigenvalue weighted by molar-refractivity contribution is -0.0165. The standard InChI is InChI=1S/C23H33N3O2/c1-2-28-22(27)26-17-6-5-7-18(26)15-19(14-17)25-12-10-23(11-13-25)16-24-21-9-4-3-8-20(21)23/h3-4,8-9,17-19,24H,2,5-7,10-16H2,1H3. The summed E-state index contributed by atoms with van der Waals surface area (Å²) in [4.78, 5) is 17.3. The molecule has 4 heterocycles. The normalized spacial score (nSPS) is 31.3. The van der Waals surface area contributed by atoms with Gasteiger partial charge in [0.2, 0.25) is 0 Å². The smallest absolute Gasteiger partial charge is 0.410 e. The van der Waals surface area contributed by atoms with Gasteiger partial charge in [-0.2, -0.15) is 0 Å². The fraction of sp³-hybridized carbons (Fsp3) is 0.696. The molecule has 0 aromatic heterocycles. The van der Waals surface area contributed by atoms with Crippen molar-refractivity contribution in [1.82, 2.24) is 9.80 Å². The molecule has 2 unspecified atom stereocenters. The van der Waals surface area contributed by atoms with E-state index < -0.39 is 0 Å². The van der Waals surface area contributed by atoms with Crippen LogP contribution in [0.5, 0.6) is 0 Å². The summed E-state index contributed by atoms with van der Waals surface area (Å²) in [6.45, 7) is 5.83. The Balaban J connectivity index is 1.25. The van der Waals surface area contributed by atoms with Crippen molar-refractivity contribution in [3.8, 4) is 0 Å². The minimum Gasteiger partial charge on any atom is -0.450 e. The molecule has 0 aliphatic carbocycles. The second-order valence-electron chi connectivity index (χ2n) is 9.19. The van der Waals surface area contributed by atoms with Crippen LogP contribution in [0.3, 0.4) is 0 Å². The number of carbonyl (C=O) groups excluding carboxylic acids is 1. The number of likely N-dealkylation sites (tertiary alicyclic amines) is 1. The first-order valence-electron chi connectivity index (χ1n) is 11.2. The largest absolute Gasteiger partial charge is 0.450 e. The zero-order chi connectivity index (χ0) is 19.1. The summed E-state index contributed by atoms with van der Waals surface area (Å²) in [5.41, 5.74) is 3.20. The van der Waals surface area contributed by atoms with Crippen molar-refractivity contribution in [2.75, 3.05) is 31.6 Å². The molecule has 0 radical (unpaired) electrons. The quantitative estimate of drug-likeness (QED) is 0.839. The molecule has 5 rings (SSSR count). The number of carbonyl (C=O) groups is 1. The van der Waals surface area contributed by atoms with Crippen LogP contribution in [0.2, 0.25) is 0 Å². The number of benzene rings is 1. The molecule has 28 heavy (non-hydrogen) atoms. The van der Waals surface area contributed by atoms with Crippen molar-refractivity contribution in [1.29, 1.82) is 0 Å². The zero-order valence-electron chi connectivity index (χ0n) is 17.0. The molecular weight excluding hydrogens is 350 g/mol. The molecule has 2 bridgehead atoms. The molecule has 1 aromatic carbocycles. The lowest BCUT2D eigenvalue weighted by atomic mass is 9.73. The Morgan fingerprint density at radius 2 is 1.86 bits per heavy atom. The number of amides is 1. The average Bonchev–Trinajstić information content (AvgIpc) is 3.06. The number of para-hydroxylation sites is 1. The summed E-state index contributed by atoms with van der Waals surface area (Å²) >= 11 is 0. The first-order chi connectivity index (χ1) is 13.7. The molecule has 4 aliphatic rings. The molecule has 3 fully saturated rings. The van der Waals surface area contributed by atoms with E-state index in [9.17, 15) is 4.79 Å². The molecule has 1 N–H and O–H groups in total. The molecule has 2 atom stereocenters. The van der Waals surface area contributed by atoms with E-state index in [1.165, 1.54) is 43.6 Å². The van der Waals surface area contributed by atoms with Crippen molar-refractivity contribution in [2.24, 2.45) is 0 Å². The first-order valence-corrected chi connectivity index (χ1v) is 11.2. The third-order valence-electron chi connectivity index (χ3n) is 7.82. The van der Waals surface area contributed by atoms with E-state index in [-0.39, 0.29) is 6.09 Å². The first kappa shape index (κ1) is 18.3. The number of fused-ring (bicyclic) bond motifs is 4. The van der Waals surface area contributed by atoms with Crippen LogP contribution in [-0.2, 0) is 10.2 Å². The molecule has 1 aromatic rings. The third kappa shape index (κ3) is 2.99. The minimum absolute atomic E-state index is 0.0816. The highest BCUT2D eigenvalue weighted by Crippen LogP contribution is 2.45. The molecule has 3 saturated heterocycles. The maximum atomic E-state index is 12.5. The number of anilines is 1. The van der Waals surface area contributed by atoms with Gasteiger partial charge in [-0.1, -0.05) is 18.2 Å². The summed E-state index contributed by atoms with van der Waals surface area (Å²) in [6, 6.07) is 10.3. The predicted octanol–water partition coefficient (Wildman–Crippen LogP) is 3.99. The summed E-state index contributed by atoms with van der Waals surface area (Å²) in [5.74, 6) is 0. The van der Waals surface area contributed by atoms with Gasteiger partial charge in [0.05, 0.1) is 6.61 Å². The monoisotopic (exact) mass is 383 g/mol. The highest BCUT2D eigenvalue weighted by atomic mass is 16.6. The van der Waals surface area contributed by atoms with Crippen LogP contribution in [0.25, 0.3) is 0 Å². The number of ether oxygens (including phenoxy) is 1. The predicted molar refractivity (Wildman–Crippen MR) is 111 cm³/mol. The van der Waals surface area contributed by atoms with E-state index in [0.717, 1.165) is 32.2 Å². The van der Waals surface area contributed by atoms with Crippen LogP contribution in [0, 0.1) is 0 Å². The van der Waals surface area contributed by atoms with E-state index >= 15 is 0 Å². The van der Waals surface area contributed by atoms with Gasteiger partial charge < -0.3 is 19.9 Å². The summed E-state index contributed by atoms with van der Waals surface area (Å²) in [7, 11) is 0. The molecular formula is C23H33N3O2. The van der Waals surface area contributed by atoms with Crippen LogP contribution in [0.4, 0.5) is 10.5 Å². The lowest BCUT2D eigenvalue weighted by Gasteiger charge is -2.52. The van der Waals surface area contributed by atoms with Crippen molar-refractivity contribution in [3.63, 3.8) is 0 Å². The molecule has 1 spiro atoms. The van der Waals surface area contributed by atoms with Crippen LogP contribution in [0.1, 0.15) is 57.4 Å². The summed E-state index contributed by atoms with van der Waals surface area (Å²) < 4.78 is 5.36. The van der Waals surface area contributed by atoms with Gasteiger partial charge in [0.1, 0.15) is 0 Å². The Morgan fingerprint density at radius 3 is 2.57 bits per heavy atom. The average molecular weight is 384 g/mol. The van der Waals surface area contributed by atoms with Crippen molar-refractivity contribution < 1.29 is 9.53 Å². The van der Waals surface area contributed by atoms with E-state index in [1.54, 1.807) is 0 Å². The minimum atomic E-state index is -0.0816. The highest BCUT2D eigenvalue weighted by Gasteiger charge is 2.46. The van der Waals surface area contributed by atoms with Gasteiger partial charge in [-0.25, -0.2) is 4.79 Å². The molecule has 152 valence electrons. The number of nitrogens with zero attached hydrogens (tertiary/aromatic N) is 2. The van der Waals surface area contributed by atoms with Gasteiger partial charge in [-0.15, -0.1) is 0 Å². The maximum absolute atomic E-state index is 12.5. The number of hydrogen-bond acceptors (Lipinski definition) is 4. The van der Waals surface area contributed by atoms with Crippen LogP contribution in [-0.4, -0.2) is 60.3 Å². The Bertz CT molecular complexity index is 714. The molecule has 1 amide bonds. The summed E-state index contributed by atoms with van der Waals surface area (Å²) in [6.07, 6.45) is 8.18.